The minimum atomic E-state index is -0.786. The van der Waals surface area contributed by atoms with E-state index in [-0.39, 0.29) is 41.2 Å². The van der Waals surface area contributed by atoms with Crippen molar-refractivity contribution in [2.45, 2.75) is 26.0 Å². The summed E-state index contributed by atoms with van der Waals surface area (Å²) in [6.45, 7) is 4.23. The summed E-state index contributed by atoms with van der Waals surface area (Å²) in [4.78, 5) is 31.2. The van der Waals surface area contributed by atoms with Crippen LogP contribution in [0.2, 0.25) is 5.02 Å². The maximum atomic E-state index is 12.9. The lowest BCUT2D eigenvalue weighted by atomic mass is 9.96. The number of Topliss-reactive ketones (excluding diaryl/α,β-unsaturated/α-hetero) is 1. The van der Waals surface area contributed by atoms with Gasteiger partial charge in [0.25, 0.3) is 11.7 Å². The predicted octanol–water partition coefficient (Wildman–Crippen LogP) is 3.59. The summed E-state index contributed by atoms with van der Waals surface area (Å²) in [5.74, 6) is -1.38. The van der Waals surface area contributed by atoms with Gasteiger partial charge in [-0.05, 0) is 49.7 Å². The van der Waals surface area contributed by atoms with Crippen LogP contribution in [-0.2, 0) is 14.3 Å². The van der Waals surface area contributed by atoms with Gasteiger partial charge in [0.05, 0.1) is 36.5 Å². The number of halogens is 1. The Morgan fingerprint density at radius 1 is 1.23 bits per heavy atom. The first kappa shape index (κ1) is 21.8. The minimum absolute atomic E-state index is 0.0169. The molecule has 3 rings (SSSR count). The quantitative estimate of drug-likeness (QED) is 0.410. The average molecular weight is 431 g/mol. The number of rotatable bonds is 7. The fourth-order valence-electron chi connectivity index (χ4n) is 3.35. The number of carbonyl (C=O) groups is 2. The average Bonchev–Trinajstić information content (AvgIpc) is 2.99. The molecule has 30 heavy (non-hydrogen) atoms. The van der Waals surface area contributed by atoms with E-state index in [0.717, 1.165) is 0 Å². The number of ketones is 1. The van der Waals surface area contributed by atoms with Crippen molar-refractivity contribution >= 4 is 29.1 Å². The van der Waals surface area contributed by atoms with Gasteiger partial charge in [-0.15, -0.1) is 0 Å². The number of amides is 1. The summed E-state index contributed by atoms with van der Waals surface area (Å²) in [6.07, 6.45) is 3.12. The standard InChI is InChI=1S/C22H23ClN2O5/c1-13(2)30-11-10-25-19(14-6-8-24-9-7-14)18(21(27)22(25)28)20(26)16-12-15(29-3)4-5-17(16)23/h4-9,12-13,19,26H,10-11H2,1-3H3/b20-18+. The van der Waals surface area contributed by atoms with Crippen LogP contribution in [0.1, 0.15) is 31.0 Å². The van der Waals surface area contributed by atoms with Crippen molar-refractivity contribution in [2.24, 2.45) is 0 Å². The number of carbonyl (C=O) groups excluding carboxylic acids is 2. The smallest absolute Gasteiger partial charge is 0.295 e. The number of aliphatic hydroxyl groups is 1. The van der Waals surface area contributed by atoms with E-state index >= 15 is 0 Å². The van der Waals surface area contributed by atoms with Gasteiger partial charge in [-0.2, -0.15) is 0 Å². The molecule has 1 aromatic carbocycles. The van der Waals surface area contributed by atoms with E-state index in [1.54, 1.807) is 36.7 Å². The lowest BCUT2D eigenvalue weighted by Crippen LogP contribution is -2.33. The molecule has 1 aliphatic rings. The van der Waals surface area contributed by atoms with Crippen LogP contribution < -0.4 is 4.74 Å². The molecule has 1 amide bonds. The van der Waals surface area contributed by atoms with Crippen molar-refractivity contribution in [3.8, 4) is 5.75 Å². The number of hydrogen-bond acceptors (Lipinski definition) is 6. The molecule has 7 nitrogen and oxygen atoms in total. The number of ether oxygens (including phenoxy) is 2. The largest absolute Gasteiger partial charge is 0.507 e. The number of aromatic nitrogens is 1. The number of hydrogen-bond donors (Lipinski definition) is 1. The number of nitrogens with zero attached hydrogens (tertiary/aromatic N) is 2. The topological polar surface area (TPSA) is 89.0 Å². The van der Waals surface area contributed by atoms with E-state index in [1.807, 2.05) is 13.8 Å². The minimum Gasteiger partial charge on any atom is -0.507 e. The third kappa shape index (κ3) is 4.32. The van der Waals surface area contributed by atoms with Crippen molar-refractivity contribution in [1.29, 1.82) is 0 Å². The first-order chi connectivity index (χ1) is 14.3. The van der Waals surface area contributed by atoms with E-state index < -0.39 is 17.7 Å². The van der Waals surface area contributed by atoms with Gasteiger partial charge in [0.1, 0.15) is 11.5 Å². The number of likely N-dealkylation sites (tertiary alicyclic amines) is 1. The zero-order valence-corrected chi connectivity index (χ0v) is 17.7. The summed E-state index contributed by atoms with van der Waals surface area (Å²) < 4.78 is 10.8. The van der Waals surface area contributed by atoms with E-state index in [0.29, 0.717) is 11.3 Å². The Balaban J connectivity index is 2.12. The molecule has 0 bridgehead atoms. The lowest BCUT2D eigenvalue weighted by Gasteiger charge is -2.25. The third-order valence-electron chi connectivity index (χ3n) is 4.77. The molecule has 0 saturated carbocycles. The second-order valence-electron chi connectivity index (χ2n) is 7.04. The Hall–Kier alpha value is -2.90. The molecule has 1 unspecified atom stereocenters. The van der Waals surface area contributed by atoms with Gasteiger partial charge >= 0.3 is 0 Å². The summed E-state index contributed by atoms with van der Waals surface area (Å²) in [5, 5.41) is 11.3. The van der Waals surface area contributed by atoms with Crippen molar-refractivity contribution in [2.75, 3.05) is 20.3 Å². The van der Waals surface area contributed by atoms with Crippen LogP contribution in [0, 0.1) is 0 Å². The maximum Gasteiger partial charge on any atom is 0.295 e. The second kappa shape index (κ2) is 9.28. The van der Waals surface area contributed by atoms with Crippen LogP contribution in [0.15, 0.2) is 48.3 Å². The molecule has 158 valence electrons. The summed E-state index contributed by atoms with van der Waals surface area (Å²) in [6, 6.07) is 7.34. The summed E-state index contributed by atoms with van der Waals surface area (Å²) in [5.41, 5.74) is 0.826. The van der Waals surface area contributed by atoms with Crippen LogP contribution >= 0.6 is 11.6 Å². The highest BCUT2D eigenvalue weighted by atomic mass is 35.5. The zero-order chi connectivity index (χ0) is 21.8. The van der Waals surface area contributed by atoms with E-state index in [2.05, 4.69) is 4.98 Å². The van der Waals surface area contributed by atoms with Gasteiger partial charge in [0.2, 0.25) is 0 Å². The summed E-state index contributed by atoms with van der Waals surface area (Å²) >= 11 is 6.27. The zero-order valence-electron chi connectivity index (χ0n) is 17.0. The van der Waals surface area contributed by atoms with Gasteiger partial charge in [0, 0.05) is 24.5 Å². The highest BCUT2D eigenvalue weighted by Gasteiger charge is 2.46. The number of methoxy groups -OCH3 is 1. The van der Waals surface area contributed by atoms with Crippen LogP contribution in [0.25, 0.3) is 5.76 Å². The molecule has 1 aliphatic heterocycles. The molecule has 2 heterocycles. The van der Waals surface area contributed by atoms with Gasteiger partial charge in [-0.3, -0.25) is 14.6 Å². The van der Waals surface area contributed by atoms with Crippen LogP contribution in [0.5, 0.6) is 5.75 Å². The molecule has 1 saturated heterocycles. The molecule has 0 radical (unpaired) electrons. The molecule has 1 fully saturated rings. The lowest BCUT2D eigenvalue weighted by molar-refractivity contribution is -0.140. The van der Waals surface area contributed by atoms with Crippen LogP contribution in [0.4, 0.5) is 0 Å². The van der Waals surface area contributed by atoms with Gasteiger partial charge in [-0.25, -0.2) is 0 Å². The molecule has 1 aromatic heterocycles. The molecule has 1 N–H and O–H groups in total. The van der Waals surface area contributed by atoms with Crippen molar-refractivity contribution in [1.82, 2.24) is 9.88 Å². The molecule has 0 aliphatic carbocycles. The fraction of sp³-hybridized carbons (Fsp3) is 0.318. The Bertz CT molecular complexity index is 975. The SMILES string of the molecule is COc1ccc(Cl)c(/C(O)=C2\C(=O)C(=O)N(CCOC(C)C)C2c2ccncc2)c1. The number of benzene rings is 1. The van der Waals surface area contributed by atoms with Crippen LogP contribution in [0.3, 0.4) is 0 Å². The Morgan fingerprint density at radius 2 is 1.93 bits per heavy atom. The first-order valence-electron chi connectivity index (χ1n) is 9.49. The number of aliphatic hydroxyl groups excluding tert-OH is 1. The van der Waals surface area contributed by atoms with Gasteiger partial charge in [-0.1, -0.05) is 11.6 Å². The highest BCUT2D eigenvalue weighted by molar-refractivity contribution is 6.47. The number of pyridine rings is 1. The normalized spacial score (nSPS) is 18.3. The second-order valence-corrected chi connectivity index (χ2v) is 7.45. The maximum absolute atomic E-state index is 12.9. The first-order valence-corrected chi connectivity index (χ1v) is 9.86. The molecule has 8 heteroatoms. The molecular weight excluding hydrogens is 408 g/mol. The van der Waals surface area contributed by atoms with E-state index in [1.165, 1.54) is 18.1 Å². The third-order valence-corrected chi connectivity index (χ3v) is 5.10. The Labute approximate surface area is 179 Å². The monoisotopic (exact) mass is 430 g/mol. The van der Waals surface area contributed by atoms with Crippen molar-refractivity contribution in [3.05, 3.63) is 64.4 Å². The molecule has 0 spiro atoms. The molecule has 2 aromatic rings. The van der Waals surface area contributed by atoms with Gasteiger partial charge < -0.3 is 19.5 Å². The molecular formula is C22H23ClN2O5. The van der Waals surface area contributed by atoms with Gasteiger partial charge in [0.15, 0.2) is 0 Å². The Kier molecular flexibility index (Phi) is 6.74. The molecule has 1 atom stereocenters. The van der Waals surface area contributed by atoms with Crippen molar-refractivity contribution < 1.29 is 24.2 Å². The predicted molar refractivity (Wildman–Crippen MR) is 112 cm³/mol. The van der Waals surface area contributed by atoms with Crippen LogP contribution in [-0.4, -0.2) is 53.0 Å². The van der Waals surface area contributed by atoms with E-state index in [9.17, 15) is 14.7 Å². The van der Waals surface area contributed by atoms with E-state index in [4.69, 9.17) is 21.1 Å². The highest BCUT2D eigenvalue weighted by Crippen LogP contribution is 2.40. The van der Waals surface area contributed by atoms with Crippen molar-refractivity contribution in [3.63, 3.8) is 0 Å². The fourth-order valence-corrected chi connectivity index (χ4v) is 3.55. The summed E-state index contributed by atoms with van der Waals surface area (Å²) in [7, 11) is 1.48. The Morgan fingerprint density at radius 3 is 2.57 bits per heavy atom.